The van der Waals surface area contributed by atoms with Crippen molar-refractivity contribution in [2.24, 2.45) is 11.7 Å². The number of aryl methyl sites for hydroxylation is 1. The lowest BCUT2D eigenvalue weighted by Crippen LogP contribution is -2.38. The van der Waals surface area contributed by atoms with Crippen molar-refractivity contribution in [2.75, 3.05) is 0 Å². The predicted molar refractivity (Wildman–Crippen MR) is 80.8 cm³/mol. The molecule has 1 aliphatic carbocycles. The molecule has 0 bridgehead atoms. The first-order valence-corrected chi connectivity index (χ1v) is 8.72. The number of nitrogens with two attached hydrogens (primary N) is 1. The first-order valence-electron chi connectivity index (χ1n) is 7.24. The maximum absolute atomic E-state index is 12.5. The first-order chi connectivity index (χ1) is 9.42. The van der Waals surface area contributed by atoms with Crippen molar-refractivity contribution in [1.82, 2.24) is 4.72 Å². The number of benzene rings is 1. The summed E-state index contributed by atoms with van der Waals surface area (Å²) in [5.74, 6) is 0.595. The number of sulfonamides is 1. The van der Waals surface area contributed by atoms with E-state index in [0.717, 1.165) is 30.4 Å². The van der Waals surface area contributed by atoms with E-state index in [4.69, 9.17) is 5.73 Å². The second kappa shape index (κ2) is 6.24. The summed E-state index contributed by atoms with van der Waals surface area (Å²) in [5, 5.41) is 0. The molecule has 0 aliphatic heterocycles. The summed E-state index contributed by atoms with van der Waals surface area (Å²) in [4.78, 5) is 0.368. The van der Waals surface area contributed by atoms with Crippen LogP contribution in [-0.2, 0) is 16.6 Å². The fourth-order valence-electron chi connectivity index (χ4n) is 2.96. The zero-order valence-electron chi connectivity index (χ0n) is 12.2. The molecule has 112 valence electrons. The van der Waals surface area contributed by atoms with Crippen LogP contribution in [-0.4, -0.2) is 14.5 Å². The van der Waals surface area contributed by atoms with E-state index >= 15 is 0 Å². The van der Waals surface area contributed by atoms with E-state index in [-0.39, 0.29) is 6.04 Å². The molecule has 4 nitrogen and oxygen atoms in total. The molecule has 0 saturated heterocycles. The van der Waals surface area contributed by atoms with Crippen LogP contribution in [0, 0.1) is 12.8 Å². The normalized spacial score (nSPS) is 23.8. The van der Waals surface area contributed by atoms with E-state index in [1.165, 1.54) is 6.42 Å². The quantitative estimate of drug-likeness (QED) is 0.895. The Hall–Kier alpha value is -0.910. The molecule has 0 aromatic heterocycles. The Kier molecular flexibility index (Phi) is 4.83. The van der Waals surface area contributed by atoms with Crippen LogP contribution in [0.25, 0.3) is 0 Å². The third-order valence-electron chi connectivity index (χ3n) is 4.02. The van der Waals surface area contributed by atoms with Crippen LogP contribution in [0.4, 0.5) is 0 Å². The number of hydrogen-bond acceptors (Lipinski definition) is 3. The van der Waals surface area contributed by atoms with E-state index in [1.54, 1.807) is 12.1 Å². The Morgan fingerprint density at radius 1 is 1.35 bits per heavy atom. The zero-order chi connectivity index (χ0) is 14.8. The van der Waals surface area contributed by atoms with Gasteiger partial charge < -0.3 is 5.73 Å². The van der Waals surface area contributed by atoms with Crippen molar-refractivity contribution in [3.63, 3.8) is 0 Å². The largest absolute Gasteiger partial charge is 0.326 e. The fraction of sp³-hybridized carbons (Fsp3) is 0.600. The lowest BCUT2D eigenvalue weighted by atomic mass is 9.88. The standard InChI is InChI=1S/C15H24N2O2S/c1-11-4-3-5-14(8-11)17-20(18,19)15-7-6-13(10-16)9-12(15)2/h6-7,9,11,14,17H,3-5,8,10,16H2,1-2H3. The van der Waals surface area contributed by atoms with Gasteiger partial charge in [-0.3, -0.25) is 0 Å². The van der Waals surface area contributed by atoms with Gasteiger partial charge in [0.05, 0.1) is 4.90 Å². The van der Waals surface area contributed by atoms with Crippen LogP contribution < -0.4 is 10.5 Å². The van der Waals surface area contributed by atoms with Gasteiger partial charge in [-0.15, -0.1) is 0 Å². The van der Waals surface area contributed by atoms with Gasteiger partial charge in [-0.05, 0) is 42.9 Å². The second-order valence-electron chi connectivity index (χ2n) is 5.89. The average molecular weight is 296 g/mol. The van der Waals surface area contributed by atoms with Crippen molar-refractivity contribution in [3.8, 4) is 0 Å². The Labute approximate surface area is 121 Å². The van der Waals surface area contributed by atoms with Gasteiger partial charge in [0, 0.05) is 12.6 Å². The van der Waals surface area contributed by atoms with Gasteiger partial charge in [-0.2, -0.15) is 0 Å². The van der Waals surface area contributed by atoms with E-state index in [1.807, 2.05) is 13.0 Å². The summed E-state index contributed by atoms with van der Waals surface area (Å²) < 4.78 is 27.8. The third-order valence-corrected chi connectivity index (χ3v) is 5.70. The smallest absolute Gasteiger partial charge is 0.241 e. The highest BCUT2D eigenvalue weighted by molar-refractivity contribution is 7.89. The molecule has 2 atom stereocenters. The molecule has 3 N–H and O–H groups in total. The van der Waals surface area contributed by atoms with Crippen LogP contribution in [0.2, 0.25) is 0 Å². The highest BCUT2D eigenvalue weighted by atomic mass is 32.2. The van der Waals surface area contributed by atoms with Crippen molar-refractivity contribution < 1.29 is 8.42 Å². The molecule has 5 heteroatoms. The summed E-state index contributed by atoms with van der Waals surface area (Å²) in [5.41, 5.74) is 7.28. The number of nitrogens with one attached hydrogen (secondary N) is 1. The minimum Gasteiger partial charge on any atom is -0.326 e. The molecule has 0 radical (unpaired) electrons. The number of rotatable bonds is 4. The van der Waals surface area contributed by atoms with Crippen LogP contribution >= 0.6 is 0 Å². The lowest BCUT2D eigenvalue weighted by molar-refractivity contribution is 0.327. The van der Waals surface area contributed by atoms with Crippen molar-refractivity contribution >= 4 is 10.0 Å². The molecule has 0 amide bonds. The Balaban J connectivity index is 2.17. The van der Waals surface area contributed by atoms with Gasteiger partial charge in [-0.25, -0.2) is 13.1 Å². The molecular weight excluding hydrogens is 272 g/mol. The van der Waals surface area contributed by atoms with E-state index in [2.05, 4.69) is 11.6 Å². The van der Waals surface area contributed by atoms with Crippen LogP contribution in [0.1, 0.15) is 43.7 Å². The van der Waals surface area contributed by atoms with Gasteiger partial charge in [-0.1, -0.05) is 31.9 Å². The Morgan fingerprint density at radius 3 is 2.70 bits per heavy atom. The van der Waals surface area contributed by atoms with Gasteiger partial charge in [0.15, 0.2) is 0 Å². The first kappa shape index (κ1) is 15.5. The van der Waals surface area contributed by atoms with E-state index in [9.17, 15) is 8.42 Å². The maximum Gasteiger partial charge on any atom is 0.241 e. The van der Waals surface area contributed by atoms with Crippen molar-refractivity contribution in [2.45, 2.75) is 57.0 Å². The van der Waals surface area contributed by atoms with Gasteiger partial charge in [0.2, 0.25) is 10.0 Å². The molecule has 1 aliphatic rings. The van der Waals surface area contributed by atoms with E-state index < -0.39 is 10.0 Å². The summed E-state index contributed by atoms with van der Waals surface area (Å²) in [7, 11) is -3.43. The molecule has 1 saturated carbocycles. The van der Waals surface area contributed by atoms with E-state index in [0.29, 0.717) is 17.4 Å². The monoisotopic (exact) mass is 296 g/mol. The van der Waals surface area contributed by atoms with Crippen LogP contribution in [0.15, 0.2) is 23.1 Å². The Bertz CT molecular complexity index is 569. The molecular formula is C15H24N2O2S. The minimum absolute atomic E-state index is 0.0670. The molecule has 1 fully saturated rings. The number of hydrogen-bond donors (Lipinski definition) is 2. The predicted octanol–water partition coefficient (Wildman–Crippen LogP) is 2.31. The highest BCUT2D eigenvalue weighted by Crippen LogP contribution is 2.25. The fourth-order valence-corrected chi connectivity index (χ4v) is 4.47. The van der Waals surface area contributed by atoms with Gasteiger partial charge >= 0.3 is 0 Å². The zero-order valence-corrected chi connectivity index (χ0v) is 13.0. The average Bonchev–Trinajstić information content (AvgIpc) is 2.37. The maximum atomic E-state index is 12.5. The minimum atomic E-state index is -3.43. The molecule has 1 aromatic carbocycles. The molecule has 0 heterocycles. The topological polar surface area (TPSA) is 72.2 Å². The summed E-state index contributed by atoms with van der Waals surface area (Å²) in [6, 6.07) is 5.35. The SMILES string of the molecule is Cc1cc(CN)ccc1S(=O)(=O)NC1CCCC(C)C1. The summed E-state index contributed by atoms with van der Waals surface area (Å²) >= 11 is 0. The highest BCUT2D eigenvalue weighted by Gasteiger charge is 2.25. The second-order valence-corrected chi connectivity index (χ2v) is 7.58. The molecule has 0 spiro atoms. The molecule has 1 aromatic rings. The summed E-state index contributed by atoms with van der Waals surface area (Å²) in [6.07, 6.45) is 4.16. The summed E-state index contributed by atoms with van der Waals surface area (Å²) in [6.45, 7) is 4.42. The third kappa shape index (κ3) is 3.59. The molecule has 2 unspecified atom stereocenters. The van der Waals surface area contributed by atoms with Crippen LogP contribution in [0.5, 0.6) is 0 Å². The van der Waals surface area contributed by atoms with Gasteiger partial charge in [0.1, 0.15) is 0 Å². The van der Waals surface area contributed by atoms with Crippen molar-refractivity contribution in [3.05, 3.63) is 29.3 Å². The van der Waals surface area contributed by atoms with Crippen molar-refractivity contribution in [1.29, 1.82) is 0 Å². The Morgan fingerprint density at radius 2 is 2.10 bits per heavy atom. The van der Waals surface area contributed by atoms with Crippen LogP contribution in [0.3, 0.4) is 0 Å². The van der Waals surface area contributed by atoms with Gasteiger partial charge in [0.25, 0.3) is 0 Å². The molecule has 2 rings (SSSR count). The molecule has 20 heavy (non-hydrogen) atoms. The lowest BCUT2D eigenvalue weighted by Gasteiger charge is -2.27.